The molecule has 0 nitrogen and oxygen atoms in total. The fraction of sp³-hybridized carbons (Fsp3) is 1.00. The molecule has 0 fully saturated rings. The molecule has 0 heterocycles. The predicted octanol–water partition coefficient (Wildman–Crippen LogP) is 3.30. The summed E-state index contributed by atoms with van der Waals surface area (Å²) >= 11 is 0.728. The molecule has 0 amide bonds. The third-order valence-electron chi connectivity index (χ3n) is 0.766. The minimum absolute atomic E-state index is 0.728. The largest absolute Gasteiger partial charge is 0.400 e. The van der Waals surface area contributed by atoms with Crippen molar-refractivity contribution in [1.82, 2.24) is 0 Å². The molecule has 0 unspecified atom stereocenters. The Morgan fingerprint density at radius 1 is 1.00 bits per heavy atom. The predicted molar refractivity (Wildman–Crippen MR) is 34.5 cm³/mol. The molecule has 0 rings (SSSR count). The van der Waals surface area contributed by atoms with E-state index < -0.39 is 22.7 Å². The molecule has 0 aromatic heterocycles. The Labute approximate surface area is 72.1 Å². The van der Waals surface area contributed by atoms with Crippen molar-refractivity contribution in [2.45, 2.75) is 22.7 Å². The van der Waals surface area contributed by atoms with Gasteiger partial charge < -0.3 is 0 Å². The highest BCUT2D eigenvalue weighted by Crippen LogP contribution is 2.35. The van der Waals surface area contributed by atoms with E-state index in [0.717, 1.165) is 22.6 Å². The number of halogens is 7. The fourth-order valence-corrected chi connectivity index (χ4v) is 0.818. The number of alkyl halides is 7. The van der Waals surface area contributed by atoms with Gasteiger partial charge in [0.05, 0.1) is 6.42 Å². The molecule has 0 radical (unpaired) electrons. The molecule has 0 aliphatic heterocycles. The van der Waals surface area contributed by atoms with E-state index in [2.05, 4.69) is 0 Å². The Balaban J connectivity index is 3.99. The van der Waals surface area contributed by atoms with E-state index in [-0.39, 0.29) is 0 Å². The molecular weight excluding hydrogens is 289 g/mol. The zero-order valence-corrected chi connectivity index (χ0v) is 7.09. The van der Waals surface area contributed by atoms with Gasteiger partial charge in [0.15, 0.2) is 0 Å². The molecule has 0 aliphatic rings. The first-order valence-electron chi connectivity index (χ1n) is 2.40. The molecule has 0 spiro atoms. The van der Waals surface area contributed by atoms with Gasteiger partial charge in [0.25, 0.3) is 0 Å². The summed E-state index contributed by atoms with van der Waals surface area (Å²) < 4.78 is 66.1. The van der Waals surface area contributed by atoms with E-state index in [1.54, 1.807) is 0 Å². The second-order valence-electron chi connectivity index (χ2n) is 1.83. The Bertz CT molecular complexity index is 124. The second kappa shape index (κ2) is 3.36. The number of hydrogen-bond acceptors (Lipinski definition) is 0. The van der Waals surface area contributed by atoms with Crippen LogP contribution in [-0.2, 0) is 0 Å². The first-order chi connectivity index (χ1) is 4.63. The van der Waals surface area contributed by atoms with Crippen molar-refractivity contribution in [3.8, 4) is 0 Å². The van der Waals surface area contributed by atoms with Crippen molar-refractivity contribution in [1.29, 1.82) is 0 Å². The van der Waals surface area contributed by atoms with Crippen LogP contribution in [0, 0.1) is 0 Å². The van der Waals surface area contributed by atoms with E-state index in [1.165, 1.54) is 0 Å². The number of rotatable bonds is 1. The molecule has 0 aliphatic carbocycles. The lowest BCUT2D eigenvalue weighted by atomic mass is 10.3. The quantitative estimate of drug-likeness (QED) is 0.395. The summed E-state index contributed by atoms with van der Waals surface area (Å²) in [6.07, 6.45) is -11.3. The molecule has 0 bridgehead atoms. The summed E-state index contributed by atoms with van der Waals surface area (Å²) in [5.41, 5.74) is 0. The highest BCUT2D eigenvalue weighted by atomic mass is 127. The van der Waals surface area contributed by atoms with Crippen LogP contribution < -0.4 is 0 Å². The molecule has 68 valence electrons. The fourth-order valence-electron chi connectivity index (χ4n) is 0.319. The lowest BCUT2D eigenvalue weighted by Crippen LogP contribution is -2.28. The Hall–Kier alpha value is 0.310. The van der Waals surface area contributed by atoms with Crippen LogP contribution in [0.25, 0.3) is 0 Å². The summed E-state index contributed by atoms with van der Waals surface area (Å²) in [4.78, 5) is 0. The van der Waals surface area contributed by atoms with Gasteiger partial charge in [-0.2, -0.15) is 26.3 Å². The maximum atomic E-state index is 11.5. The first kappa shape index (κ1) is 11.3. The van der Waals surface area contributed by atoms with Gasteiger partial charge >= 0.3 is 12.4 Å². The Kier molecular flexibility index (Phi) is 3.45. The summed E-state index contributed by atoms with van der Waals surface area (Å²) in [7, 11) is 0. The van der Waals surface area contributed by atoms with Gasteiger partial charge in [0, 0.05) is 0 Å². The van der Waals surface area contributed by atoms with Crippen LogP contribution >= 0.6 is 22.6 Å². The summed E-state index contributed by atoms with van der Waals surface area (Å²) in [6.45, 7) is 0. The van der Waals surface area contributed by atoms with Crippen molar-refractivity contribution in [2.75, 3.05) is 0 Å². The van der Waals surface area contributed by atoms with E-state index in [1.807, 2.05) is 0 Å². The third-order valence-corrected chi connectivity index (χ3v) is 1.91. The van der Waals surface area contributed by atoms with Crippen LogP contribution in [0.5, 0.6) is 0 Å². The monoisotopic (exact) mass is 292 g/mol. The summed E-state index contributed by atoms with van der Waals surface area (Å²) in [5.74, 6) is 0. The van der Waals surface area contributed by atoms with Crippen LogP contribution in [0.1, 0.15) is 6.42 Å². The van der Waals surface area contributed by atoms with Gasteiger partial charge in [0.2, 0.25) is 0 Å². The molecule has 11 heavy (non-hydrogen) atoms. The molecule has 0 N–H and O–H groups in total. The van der Waals surface area contributed by atoms with Crippen LogP contribution in [0.2, 0.25) is 0 Å². The highest BCUT2D eigenvalue weighted by Gasteiger charge is 2.44. The summed E-state index contributed by atoms with van der Waals surface area (Å²) in [6, 6.07) is 0. The topological polar surface area (TPSA) is 0 Å². The second-order valence-corrected chi connectivity index (χ2v) is 3.33. The van der Waals surface area contributed by atoms with Crippen LogP contribution in [-0.4, -0.2) is 16.3 Å². The molecule has 0 saturated carbocycles. The third kappa shape index (κ3) is 5.57. The van der Waals surface area contributed by atoms with Crippen LogP contribution in [0.3, 0.4) is 0 Å². The molecule has 0 aromatic rings. The molecule has 7 heteroatoms. The maximum absolute atomic E-state index is 11.5. The van der Waals surface area contributed by atoms with Crippen molar-refractivity contribution in [3.63, 3.8) is 0 Å². The van der Waals surface area contributed by atoms with Crippen LogP contribution in [0.15, 0.2) is 0 Å². The van der Waals surface area contributed by atoms with Crippen molar-refractivity contribution in [2.24, 2.45) is 0 Å². The van der Waals surface area contributed by atoms with Gasteiger partial charge in [-0.1, -0.05) is 22.6 Å². The van der Waals surface area contributed by atoms with Crippen molar-refractivity contribution >= 4 is 22.6 Å². The van der Waals surface area contributed by atoms with Gasteiger partial charge in [-0.25, -0.2) is 0 Å². The standard InChI is InChI=1S/C4H3F6I/c5-3(6,7)1-2(11)4(8,9)10/h2H,1H2/t2-/m1/s1. The van der Waals surface area contributed by atoms with Gasteiger partial charge in [-0.05, 0) is 0 Å². The normalized spacial score (nSPS) is 16.6. The Morgan fingerprint density at radius 3 is 1.45 bits per heavy atom. The average Bonchev–Trinajstić information content (AvgIpc) is 1.56. The van der Waals surface area contributed by atoms with Crippen molar-refractivity contribution in [3.05, 3.63) is 0 Å². The zero-order valence-electron chi connectivity index (χ0n) is 4.93. The van der Waals surface area contributed by atoms with E-state index in [0.29, 0.717) is 0 Å². The first-order valence-corrected chi connectivity index (χ1v) is 3.65. The molecule has 0 aromatic carbocycles. The van der Waals surface area contributed by atoms with Gasteiger partial charge in [-0.15, -0.1) is 0 Å². The van der Waals surface area contributed by atoms with Crippen molar-refractivity contribution < 1.29 is 26.3 Å². The summed E-state index contributed by atoms with van der Waals surface area (Å²) in [5, 5.41) is 0. The van der Waals surface area contributed by atoms with Gasteiger partial charge in [0.1, 0.15) is 3.92 Å². The smallest absolute Gasteiger partial charge is 0.171 e. The number of hydrogen-bond donors (Lipinski definition) is 0. The zero-order chi connectivity index (χ0) is 9.28. The van der Waals surface area contributed by atoms with E-state index in [9.17, 15) is 26.3 Å². The van der Waals surface area contributed by atoms with E-state index >= 15 is 0 Å². The van der Waals surface area contributed by atoms with E-state index in [4.69, 9.17) is 0 Å². The lowest BCUT2D eigenvalue weighted by molar-refractivity contribution is -0.175. The molecular formula is C4H3F6I. The van der Waals surface area contributed by atoms with Gasteiger partial charge in [-0.3, -0.25) is 0 Å². The Morgan fingerprint density at radius 2 is 1.36 bits per heavy atom. The molecule has 0 saturated heterocycles. The van der Waals surface area contributed by atoms with Crippen LogP contribution in [0.4, 0.5) is 26.3 Å². The minimum atomic E-state index is -4.77. The SMILES string of the molecule is FC(F)(F)C[C@@H](I)C(F)(F)F. The maximum Gasteiger partial charge on any atom is 0.400 e. The minimum Gasteiger partial charge on any atom is -0.171 e. The average molecular weight is 292 g/mol. The molecule has 1 atom stereocenters. The highest BCUT2D eigenvalue weighted by molar-refractivity contribution is 14.1. The lowest BCUT2D eigenvalue weighted by Gasteiger charge is -2.15.